The number of hydrogen-bond donors (Lipinski definition) is 0. The zero-order valence-electron chi connectivity index (χ0n) is 13.0. The fourth-order valence-corrected chi connectivity index (χ4v) is 1.79. The molecule has 0 N–H and O–H groups in total. The van der Waals surface area contributed by atoms with Crippen molar-refractivity contribution in [3.8, 4) is 0 Å². The van der Waals surface area contributed by atoms with Crippen LogP contribution in [0.4, 0.5) is 0 Å². The third kappa shape index (κ3) is 10.5. The van der Waals surface area contributed by atoms with Crippen LogP contribution in [0, 0.1) is 0 Å². The third-order valence-electron chi connectivity index (χ3n) is 2.51. The van der Waals surface area contributed by atoms with Crippen LogP contribution in [0.2, 0.25) is 0 Å². The molecule has 3 heteroatoms. The van der Waals surface area contributed by atoms with E-state index in [1.165, 1.54) is 0 Å². The lowest BCUT2D eigenvalue weighted by Gasteiger charge is -2.20. The summed E-state index contributed by atoms with van der Waals surface area (Å²) in [5.74, 6) is 0.0235. The minimum Gasteiger partial charge on any atom is -0.460 e. The first kappa shape index (κ1) is 17.9. The van der Waals surface area contributed by atoms with Crippen LogP contribution >= 0.6 is 0 Å². The number of Topliss-reactive ketones (excluding diaryl/α,β-unsaturated/α-hetero) is 1. The van der Waals surface area contributed by atoms with Gasteiger partial charge in [-0.2, -0.15) is 0 Å². The molecular formula is C16H28O3. The lowest BCUT2D eigenvalue weighted by molar-refractivity contribution is -0.154. The monoisotopic (exact) mass is 268 g/mol. The van der Waals surface area contributed by atoms with Gasteiger partial charge in [0.25, 0.3) is 0 Å². The second-order valence-electron chi connectivity index (χ2n) is 5.87. The summed E-state index contributed by atoms with van der Waals surface area (Å²) in [5, 5.41) is 0. The molecule has 0 radical (unpaired) electrons. The summed E-state index contributed by atoms with van der Waals surface area (Å²) < 4.78 is 5.30. The number of ketones is 1. The smallest absolute Gasteiger partial charge is 0.310 e. The Balaban J connectivity index is 4.43. The molecule has 0 aliphatic carbocycles. The Morgan fingerprint density at radius 3 is 2.11 bits per heavy atom. The molecule has 0 heterocycles. The molecule has 110 valence electrons. The summed E-state index contributed by atoms with van der Waals surface area (Å²) >= 11 is 0. The fraction of sp³-hybridized carbons (Fsp3) is 0.750. The fourth-order valence-electron chi connectivity index (χ4n) is 1.79. The predicted molar refractivity (Wildman–Crippen MR) is 78.0 cm³/mol. The van der Waals surface area contributed by atoms with Gasteiger partial charge < -0.3 is 4.74 Å². The van der Waals surface area contributed by atoms with E-state index in [2.05, 4.69) is 6.92 Å². The second kappa shape index (κ2) is 8.89. The van der Waals surface area contributed by atoms with E-state index in [4.69, 9.17) is 4.74 Å². The summed E-state index contributed by atoms with van der Waals surface area (Å²) in [6, 6.07) is 0. The van der Waals surface area contributed by atoms with E-state index in [1.54, 1.807) is 0 Å². The third-order valence-corrected chi connectivity index (χ3v) is 2.51. The van der Waals surface area contributed by atoms with Gasteiger partial charge in [-0.05, 0) is 33.6 Å². The largest absolute Gasteiger partial charge is 0.460 e. The van der Waals surface area contributed by atoms with E-state index in [-0.39, 0.29) is 11.8 Å². The van der Waals surface area contributed by atoms with Gasteiger partial charge in [-0.25, -0.2) is 0 Å². The Labute approximate surface area is 117 Å². The van der Waals surface area contributed by atoms with Crippen molar-refractivity contribution < 1.29 is 14.3 Å². The summed E-state index contributed by atoms with van der Waals surface area (Å²) in [7, 11) is 0. The first-order valence-corrected chi connectivity index (χ1v) is 7.20. The molecular weight excluding hydrogens is 240 g/mol. The van der Waals surface area contributed by atoms with Crippen LogP contribution in [0.3, 0.4) is 0 Å². The van der Waals surface area contributed by atoms with Crippen LogP contribution in [0.5, 0.6) is 0 Å². The molecule has 0 aromatic rings. The predicted octanol–water partition coefficient (Wildman–Crippen LogP) is 4.20. The molecule has 19 heavy (non-hydrogen) atoms. The van der Waals surface area contributed by atoms with Gasteiger partial charge in [0.1, 0.15) is 11.4 Å². The normalized spacial score (nSPS) is 12.4. The van der Waals surface area contributed by atoms with Crippen molar-refractivity contribution >= 4 is 11.8 Å². The van der Waals surface area contributed by atoms with Crippen molar-refractivity contribution in [2.45, 2.75) is 78.7 Å². The number of ether oxygens (including phenoxy) is 1. The van der Waals surface area contributed by atoms with E-state index in [0.29, 0.717) is 19.3 Å². The molecule has 0 aromatic heterocycles. The zero-order valence-corrected chi connectivity index (χ0v) is 13.0. The minimum absolute atomic E-state index is 0.213. The van der Waals surface area contributed by atoms with E-state index in [9.17, 15) is 9.59 Å². The Morgan fingerprint density at radius 2 is 1.63 bits per heavy atom. The summed E-state index contributed by atoms with van der Waals surface area (Å²) in [6.45, 7) is 9.64. The van der Waals surface area contributed by atoms with Gasteiger partial charge in [-0.15, -0.1) is 0 Å². The van der Waals surface area contributed by atoms with Crippen LogP contribution in [-0.2, 0) is 14.3 Å². The first-order chi connectivity index (χ1) is 8.78. The zero-order chi connectivity index (χ0) is 14.9. The highest BCUT2D eigenvalue weighted by Gasteiger charge is 2.17. The second-order valence-corrected chi connectivity index (χ2v) is 5.87. The molecule has 0 bridgehead atoms. The van der Waals surface area contributed by atoms with Gasteiger partial charge >= 0.3 is 5.97 Å². The molecule has 0 aliphatic heterocycles. The van der Waals surface area contributed by atoms with E-state index >= 15 is 0 Å². The van der Waals surface area contributed by atoms with Crippen molar-refractivity contribution in [3.05, 3.63) is 11.6 Å². The number of esters is 1. The van der Waals surface area contributed by atoms with Gasteiger partial charge in [-0.1, -0.05) is 31.9 Å². The van der Waals surface area contributed by atoms with Crippen LogP contribution in [0.25, 0.3) is 0 Å². The van der Waals surface area contributed by atoms with Crippen molar-refractivity contribution in [1.82, 2.24) is 0 Å². The molecule has 0 saturated carbocycles. The molecule has 0 unspecified atom stereocenters. The maximum atomic E-state index is 11.8. The number of carbonyl (C=O) groups excluding carboxylic acids is 2. The lowest BCUT2D eigenvalue weighted by Crippen LogP contribution is -2.24. The molecule has 0 amide bonds. The number of rotatable bonds is 8. The standard InChI is InChI=1S/C16H28O3/c1-6-8-13(10-11-14(17)9-7-2)12-15(18)19-16(3,4)5/h10H,6-9,11-12H2,1-5H3. The quantitative estimate of drug-likeness (QED) is 0.489. The van der Waals surface area contributed by atoms with Crippen molar-refractivity contribution in [1.29, 1.82) is 0 Å². The molecule has 0 atom stereocenters. The molecule has 0 saturated heterocycles. The Kier molecular flexibility index (Phi) is 8.37. The maximum Gasteiger partial charge on any atom is 0.310 e. The molecule has 0 spiro atoms. The number of carbonyl (C=O) groups is 2. The van der Waals surface area contributed by atoms with Gasteiger partial charge in [0.2, 0.25) is 0 Å². The SMILES string of the molecule is CCCC(=O)CC=C(CCC)CC(=O)OC(C)(C)C. The van der Waals surface area contributed by atoms with Crippen molar-refractivity contribution in [2.24, 2.45) is 0 Å². The molecule has 0 aliphatic rings. The number of hydrogen-bond acceptors (Lipinski definition) is 3. The molecule has 3 nitrogen and oxygen atoms in total. The molecule has 0 aromatic carbocycles. The minimum atomic E-state index is -0.452. The van der Waals surface area contributed by atoms with E-state index in [0.717, 1.165) is 24.8 Å². The summed E-state index contributed by atoms with van der Waals surface area (Å²) in [5.41, 5.74) is 0.563. The van der Waals surface area contributed by atoms with Gasteiger partial charge in [0.15, 0.2) is 0 Å². The van der Waals surface area contributed by atoms with Crippen LogP contribution in [-0.4, -0.2) is 17.4 Å². The van der Waals surface area contributed by atoms with Crippen LogP contribution in [0.1, 0.15) is 73.1 Å². The summed E-state index contributed by atoms with van der Waals surface area (Å²) in [4.78, 5) is 23.3. The Bertz CT molecular complexity index is 321. The van der Waals surface area contributed by atoms with Gasteiger partial charge in [0.05, 0.1) is 6.42 Å². The Morgan fingerprint density at radius 1 is 1.05 bits per heavy atom. The van der Waals surface area contributed by atoms with E-state index < -0.39 is 5.60 Å². The van der Waals surface area contributed by atoms with Gasteiger partial charge in [0, 0.05) is 12.8 Å². The van der Waals surface area contributed by atoms with Crippen molar-refractivity contribution in [2.75, 3.05) is 0 Å². The van der Waals surface area contributed by atoms with Crippen molar-refractivity contribution in [3.63, 3.8) is 0 Å². The summed E-state index contributed by atoms with van der Waals surface area (Å²) in [6.07, 6.45) is 5.95. The molecule has 0 rings (SSSR count). The average Bonchev–Trinajstić information content (AvgIpc) is 2.24. The maximum absolute atomic E-state index is 11.8. The molecule has 0 fully saturated rings. The average molecular weight is 268 g/mol. The topological polar surface area (TPSA) is 43.4 Å². The first-order valence-electron chi connectivity index (χ1n) is 7.20. The highest BCUT2D eigenvalue weighted by atomic mass is 16.6. The van der Waals surface area contributed by atoms with E-state index in [1.807, 2.05) is 33.8 Å². The number of allylic oxidation sites excluding steroid dienone is 1. The van der Waals surface area contributed by atoms with Gasteiger partial charge in [-0.3, -0.25) is 9.59 Å². The van der Waals surface area contributed by atoms with Crippen LogP contribution < -0.4 is 0 Å². The highest BCUT2D eigenvalue weighted by Crippen LogP contribution is 2.16. The highest BCUT2D eigenvalue weighted by molar-refractivity contribution is 5.80. The lowest BCUT2D eigenvalue weighted by atomic mass is 10.0. The van der Waals surface area contributed by atoms with Crippen LogP contribution in [0.15, 0.2) is 11.6 Å². The Hall–Kier alpha value is -1.12.